The summed E-state index contributed by atoms with van der Waals surface area (Å²) in [5, 5.41) is 1.47. The third kappa shape index (κ3) is 4.47. The van der Waals surface area contributed by atoms with Crippen molar-refractivity contribution in [3.63, 3.8) is 0 Å². The predicted molar refractivity (Wildman–Crippen MR) is 125 cm³/mol. The highest BCUT2D eigenvalue weighted by Gasteiger charge is 2.46. The Kier molecular flexibility index (Phi) is 6.06. The van der Waals surface area contributed by atoms with Crippen molar-refractivity contribution < 1.29 is 14.0 Å². The number of anilines is 1. The molecule has 2 amide bonds. The fraction of sp³-hybridized carbons (Fsp3) is 0.462. The van der Waals surface area contributed by atoms with Crippen molar-refractivity contribution in [2.24, 2.45) is 5.92 Å². The van der Waals surface area contributed by atoms with Gasteiger partial charge in [-0.15, -0.1) is 0 Å². The number of amides is 2. The molecule has 6 nitrogen and oxygen atoms in total. The lowest BCUT2D eigenvalue weighted by molar-refractivity contribution is -0.141. The lowest BCUT2D eigenvalue weighted by atomic mass is 9.87. The van der Waals surface area contributed by atoms with Gasteiger partial charge >= 0.3 is 0 Å². The molecule has 2 aromatic carbocycles. The zero-order valence-electron chi connectivity index (χ0n) is 19.1. The van der Waals surface area contributed by atoms with E-state index in [0.717, 1.165) is 55.6 Å². The van der Waals surface area contributed by atoms with E-state index in [1.165, 1.54) is 22.7 Å². The molecule has 2 saturated heterocycles. The fourth-order valence-corrected chi connectivity index (χ4v) is 5.39. The van der Waals surface area contributed by atoms with Gasteiger partial charge in [0.05, 0.1) is 12.0 Å². The Morgan fingerprint density at radius 2 is 1.88 bits per heavy atom. The molecular formula is C26H31FN4O2. The van der Waals surface area contributed by atoms with Gasteiger partial charge in [-0.25, -0.2) is 9.82 Å². The number of hydrogen-bond donors (Lipinski definition) is 1. The maximum Gasteiger partial charge on any atom is 0.244 e. The van der Waals surface area contributed by atoms with Gasteiger partial charge < -0.3 is 9.80 Å². The van der Waals surface area contributed by atoms with Gasteiger partial charge in [-0.2, -0.15) is 0 Å². The summed E-state index contributed by atoms with van der Waals surface area (Å²) in [6, 6.07) is 12.8. The Morgan fingerprint density at radius 1 is 1.09 bits per heavy atom. The summed E-state index contributed by atoms with van der Waals surface area (Å²) in [6.07, 6.45) is 4.32. The van der Waals surface area contributed by atoms with Crippen molar-refractivity contribution in [1.29, 1.82) is 0 Å². The van der Waals surface area contributed by atoms with Gasteiger partial charge in [-0.05, 0) is 49.1 Å². The van der Waals surface area contributed by atoms with Gasteiger partial charge in [0, 0.05) is 31.9 Å². The molecule has 3 heterocycles. The summed E-state index contributed by atoms with van der Waals surface area (Å²) in [6.45, 7) is 4.76. The highest BCUT2D eigenvalue weighted by Crippen LogP contribution is 2.42. The van der Waals surface area contributed by atoms with E-state index in [1.54, 1.807) is 6.07 Å². The average molecular weight is 451 g/mol. The van der Waals surface area contributed by atoms with Gasteiger partial charge in [-0.3, -0.25) is 14.6 Å². The molecule has 174 valence electrons. The number of nitrogens with one attached hydrogen (secondary N) is 1. The Hall–Kier alpha value is -2.93. The fourth-order valence-electron chi connectivity index (χ4n) is 5.39. The quantitative estimate of drug-likeness (QED) is 0.774. The van der Waals surface area contributed by atoms with Crippen LogP contribution >= 0.6 is 0 Å². The second-order valence-electron chi connectivity index (χ2n) is 9.51. The van der Waals surface area contributed by atoms with Crippen molar-refractivity contribution in [2.75, 3.05) is 31.1 Å². The number of fused-ring (bicyclic) bond motifs is 3. The molecule has 2 fully saturated rings. The molecular weight excluding hydrogens is 419 g/mol. The van der Waals surface area contributed by atoms with Crippen molar-refractivity contribution in [3.05, 3.63) is 65.0 Å². The largest absolute Gasteiger partial charge is 0.366 e. The predicted octanol–water partition coefficient (Wildman–Crippen LogP) is 3.56. The third-order valence-corrected chi connectivity index (χ3v) is 7.07. The summed E-state index contributed by atoms with van der Waals surface area (Å²) in [5.41, 5.74) is 7.28. The number of hydrazine groups is 1. The molecule has 3 aliphatic heterocycles. The molecule has 0 aromatic heterocycles. The van der Waals surface area contributed by atoms with Crippen molar-refractivity contribution in [3.8, 4) is 0 Å². The minimum Gasteiger partial charge on any atom is -0.366 e. The van der Waals surface area contributed by atoms with E-state index in [0.29, 0.717) is 13.1 Å². The topological polar surface area (TPSA) is 55.9 Å². The maximum atomic E-state index is 14.2. The molecule has 0 spiro atoms. The molecule has 2 atom stereocenters. The maximum absolute atomic E-state index is 14.2. The number of benzene rings is 2. The number of nitrogens with zero attached hydrogens (tertiary/aromatic N) is 3. The van der Waals surface area contributed by atoms with Crippen LogP contribution < -0.4 is 10.3 Å². The molecule has 0 bridgehead atoms. The molecule has 5 rings (SSSR count). The first-order valence-corrected chi connectivity index (χ1v) is 11.9. The standard InChI is InChI=1S/C26H31FN4O2/c1-18-7-6-8-19(13-18)15-30-16-22-25(21-14-20(27)9-10-23(21)30)28-31(26(22)33)17-24(32)29-11-4-2-3-5-12-29/h6-10,13-14,22,25,28H,2-5,11-12,15-17H2,1H3. The first-order valence-electron chi connectivity index (χ1n) is 11.9. The molecule has 1 N–H and O–H groups in total. The van der Waals surface area contributed by atoms with Gasteiger partial charge in [0.2, 0.25) is 11.8 Å². The van der Waals surface area contributed by atoms with E-state index in [2.05, 4.69) is 35.4 Å². The summed E-state index contributed by atoms with van der Waals surface area (Å²) < 4.78 is 14.2. The lowest BCUT2D eigenvalue weighted by Gasteiger charge is -2.36. The van der Waals surface area contributed by atoms with Crippen molar-refractivity contribution in [2.45, 2.75) is 45.2 Å². The van der Waals surface area contributed by atoms with Crippen LogP contribution in [-0.4, -0.2) is 47.9 Å². The van der Waals surface area contributed by atoms with Crippen LogP contribution in [0.25, 0.3) is 0 Å². The lowest BCUT2D eigenvalue weighted by Crippen LogP contribution is -2.45. The van der Waals surface area contributed by atoms with E-state index in [4.69, 9.17) is 0 Å². The summed E-state index contributed by atoms with van der Waals surface area (Å²) in [4.78, 5) is 30.3. The van der Waals surface area contributed by atoms with E-state index < -0.39 is 0 Å². The Bertz CT molecular complexity index is 1050. The summed E-state index contributed by atoms with van der Waals surface area (Å²) in [7, 11) is 0. The summed E-state index contributed by atoms with van der Waals surface area (Å²) >= 11 is 0. The molecule has 33 heavy (non-hydrogen) atoms. The van der Waals surface area contributed by atoms with Crippen LogP contribution in [0, 0.1) is 18.7 Å². The first kappa shape index (κ1) is 21.9. The van der Waals surface area contributed by atoms with Gasteiger partial charge in [0.25, 0.3) is 0 Å². The SMILES string of the molecule is Cc1cccc(CN2CC3C(=O)N(CC(=O)N4CCCCCC4)NC3c3cc(F)ccc32)c1. The normalized spacial score (nSPS) is 22.7. The van der Waals surface area contributed by atoms with E-state index in [-0.39, 0.29) is 36.1 Å². The molecule has 7 heteroatoms. The second kappa shape index (κ2) is 9.14. The zero-order chi connectivity index (χ0) is 22.9. The van der Waals surface area contributed by atoms with E-state index in [1.807, 2.05) is 11.0 Å². The van der Waals surface area contributed by atoms with Crippen molar-refractivity contribution >= 4 is 17.5 Å². The van der Waals surface area contributed by atoms with Crippen LogP contribution in [0.1, 0.15) is 48.4 Å². The molecule has 0 radical (unpaired) electrons. The van der Waals surface area contributed by atoms with E-state index in [9.17, 15) is 14.0 Å². The van der Waals surface area contributed by atoms with Crippen LogP contribution in [-0.2, 0) is 16.1 Å². The molecule has 3 aliphatic rings. The zero-order valence-corrected chi connectivity index (χ0v) is 19.1. The molecule has 2 aromatic rings. The number of carbonyl (C=O) groups excluding carboxylic acids is 2. The number of aryl methyl sites for hydroxylation is 1. The Labute approximate surface area is 194 Å². The highest BCUT2D eigenvalue weighted by molar-refractivity contribution is 5.89. The van der Waals surface area contributed by atoms with Crippen molar-refractivity contribution in [1.82, 2.24) is 15.3 Å². The van der Waals surface area contributed by atoms with Crippen LogP contribution in [0.4, 0.5) is 10.1 Å². The first-order chi connectivity index (χ1) is 16.0. The van der Waals surface area contributed by atoms with E-state index >= 15 is 0 Å². The molecule has 2 unspecified atom stereocenters. The number of likely N-dealkylation sites (tertiary alicyclic amines) is 1. The average Bonchev–Trinajstić information content (AvgIpc) is 2.97. The Balaban J connectivity index is 1.37. The minimum atomic E-state index is -0.360. The smallest absolute Gasteiger partial charge is 0.244 e. The van der Waals surface area contributed by atoms with Crippen LogP contribution in [0.3, 0.4) is 0 Å². The van der Waals surface area contributed by atoms with Crippen LogP contribution in [0.5, 0.6) is 0 Å². The number of hydrogen-bond acceptors (Lipinski definition) is 4. The van der Waals surface area contributed by atoms with Crippen LogP contribution in [0.15, 0.2) is 42.5 Å². The summed E-state index contributed by atoms with van der Waals surface area (Å²) in [5.74, 6) is -0.793. The van der Waals surface area contributed by atoms with Gasteiger partial charge in [-0.1, -0.05) is 42.7 Å². The molecule has 0 aliphatic carbocycles. The number of halogens is 1. The molecule has 0 saturated carbocycles. The van der Waals surface area contributed by atoms with Gasteiger partial charge in [0.15, 0.2) is 0 Å². The third-order valence-electron chi connectivity index (χ3n) is 7.07. The minimum absolute atomic E-state index is 0.0209. The second-order valence-corrected chi connectivity index (χ2v) is 9.51. The van der Waals surface area contributed by atoms with Crippen LogP contribution in [0.2, 0.25) is 0 Å². The van der Waals surface area contributed by atoms with Gasteiger partial charge in [0.1, 0.15) is 12.4 Å². The number of rotatable bonds is 4. The monoisotopic (exact) mass is 450 g/mol. The highest BCUT2D eigenvalue weighted by atomic mass is 19.1. The Morgan fingerprint density at radius 3 is 2.64 bits per heavy atom. The number of carbonyl (C=O) groups is 2.